The van der Waals surface area contributed by atoms with E-state index in [0.717, 1.165) is 10.7 Å². The Bertz CT molecular complexity index is 430. The van der Waals surface area contributed by atoms with E-state index in [1.165, 1.54) is 0 Å². The number of aromatic nitrogens is 2. The molecule has 1 aromatic rings. The molecule has 15 heavy (non-hydrogen) atoms. The summed E-state index contributed by atoms with van der Waals surface area (Å²) in [4.78, 5) is 32.6. The van der Waals surface area contributed by atoms with Crippen LogP contribution in [0, 0.1) is 0 Å². The summed E-state index contributed by atoms with van der Waals surface area (Å²) in [6, 6.07) is 1.00. The SMILES string of the molecule is CCOC(=O)c1cc(=O)n(CC(=O)O)[nH]1. The molecule has 2 N–H and O–H groups in total. The van der Waals surface area contributed by atoms with E-state index in [0.29, 0.717) is 0 Å². The van der Waals surface area contributed by atoms with Gasteiger partial charge in [0.1, 0.15) is 12.2 Å². The van der Waals surface area contributed by atoms with E-state index >= 15 is 0 Å². The summed E-state index contributed by atoms with van der Waals surface area (Å²) in [5.74, 6) is -1.85. The van der Waals surface area contributed by atoms with E-state index in [4.69, 9.17) is 5.11 Å². The minimum absolute atomic E-state index is 0.0527. The third-order valence-corrected chi connectivity index (χ3v) is 1.58. The van der Waals surface area contributed by atoms with Crippen LogP contribution in [0.1, 0.15) is 17.4 Å². The number of ether oxygens (including phenoxy) is 1. The van der Waals surface area contributed by atoms with Crippen molar-refractivity contribution in [2.75, 3.05) is 6.61 Å². The number of nitrogens with zero attached hydrogens (tertiary/aromatic N) is 1. The Morgan fingerprint density at radius 3 is 2.80 bits per heavy atom. The number of rotatable bonds is 4. The molecule has 7 nitrogen and oxygen atoms in total. The zero-order chi connectivity index (χ0) is 11.4. The number of hydrogen-bond donors (Lipinski definition) is 2. The normalized spacial score (nSPS) is 9.93. The Morgan fingerprint density at radius 2 is 2.27 bits per heavy atom. The highest BCUT2D eigenvalue weighted by Gasteiger charge is 2.12. The smallest absolute Gasteiger partial charge is 0.356 e. The number of esters is 1. The van der Waals surface area contributed by atoms with Crippen LogP contribution in [0.4, 0.5) is 0 Å². The maximum Gasteiger partial charge on any atom is 0.356 e. The summed E-state index contributed by atoms with van der Waals surface area (Å²) in [6.45, 7) is 1.30. The standard InChI is InChI=1S/C8H10N2O5/c1-2-15-8(14)5-3-6(11)10(9-5)4-7(12)13/h3,9H,2,4H2,1H3,(H,12,13). The molecule has 0 saturated carbocycles. The highest BCUT2D eigenvalue weighted by Crippen LogP contribution is 1.94. The minimum Gasteiger partial charge on any atom is -0.480 e. The maximum absolute atomic E-state index is 11.1. The van der Waals surface area contributed by atoms with Gasteiger partial charge in [-0.2, -0.15) is 0 Å². The number of hydrogen-bond acceptors (Lipinski definition) is 4. The zero-order valence-electron chi connectivity index (χ0n) is 8.02. The molecule has 1 heterocycles. The molecule has 0 aliphatic carbocycles. The van der Waals surface area contributed by atoms with E-state index in [2.05, 4.69) is 9.84 Å². The predicted molar refractivity (Wildman–Crippen MR) is 48.6 cm³/mol. The van der Waals surface area contributed by atoms with Crippen LogP contribution >= 0.6 is 0 Å². The Balaban J connectivity index is 2.90. The molecule has 0 aliphatic heterocycles. The van der Waals surface area contributed by atoms with Crippen LogP contribution in [-0.2, 0) is 16.1 Å². The van der Waals surface area contributed by atoms with Crippen molar-refractivity contribution in [1.29, 1.82) is 0 Å². The molecule has 0 fully saturated rings. The number of H-pyrrole nitrogens is 1. The molecule has 82 valence electrons. The van der Waals surface area contributed by atoms with Gasteiger partial charge in [-0.1, -0.05) is 0 Å². The predicted octanol–water partition coefficient (Wildman–Crippen LogP) is -0.562. The van der Waals surface area contributed by atoms with Crippen molar-refractivity contribution in [3.63, 3.8) is 0 Å². The molecular weight excluding hydrogens is 204 g/mol. The van der Waals surface area contributed by atoms with Crippen molar-refractivity contribution < 1.29 is 19.4 Å². The number of carboxylic acids is 1. The minimum atomic E-state index is -1.17. The van der Waals surface area contributed by atoms with Crippen LogP contribution in [-0.4, -0.2) is 33.4 Å². The molecule has 0 aromatic carbocycles. The van der Waals surface area contributed by atoms with Crippen molar-refractivity contribution in [3.05, 3.63) is 22.1 Å². The third kappa shape index (κ3) is 2.70. The fourth-order valence-corrected chi connectivity index (χ4v) is 1.00. The second-order valence-corrected chi connectivity index (χ2v) is 2.71. The molecule has 0 unspecified atom stereocenters. The van der Waals surface area contributed by atoms with Gasteiger partial charge in [0, 0.05) is 6.07 Å². The second-order valence-electron chi connectivity index (χ2n) is 2.71. The molecule has 0 atom stereocenters. The lowest BCUT2D eigenvalue weighted by molar-refractivity contribution is -0.137. The molecule has 0 spiro atoms. The lowest BCUT2D eigenvalue weighted by Gasteiger charge is -1.98. The number of carbonyl (C=O) groups excluding carboxylic acids is 1. The second kappa shape index (κ2) is 4.45. The first-order chi connectivity index (χ1) is 7.04. The van der Waals surface area contributed by atoms with Crippen LogP contribution in [0.15, 0.2) is 10.9 Å². The monoisotopic (exact) mass is 214 g/mol. The fourth-order valence-electron chi connectivity index (χ4n) is 1.00. The molecule has 0 bridgehead atoms. The highest BCUT2D eigenvalue weighted by molar-refractivity contribution is 5.87. The van der Waals surface area contributed by atoms with E-state index in [1.807, 2.05) is 0 Å². The quantitative estimate of drug-likeness (QED) is 0.654. The molecule has 0 radical (unpaired) electrons. The van der Waals surface area contributed by atoms with Gasteiger partial charge in [0.05, 0.1) is 6.61 Å². The average molecular weight is 214 g/mol. The lowest BCUT2D eigenvalue weighted by Crippen LogP contribution is -2.21. The van der Waals surface area contributed by atoms with E-state index in [-0.39, 0.29) is 12.3 Å². The first-order valence-electron chi connectivity index (χ1n) is 4.23. The van der Waals surface area contributed by atoms with Gasteiger partial charge in [0.15, 0.2) is 0 Å². The third-order valence-electron chi connectivity index (χ3n) is 1.58. The van der Waals surface area contributed by atoms with Crippen LogP contribution in [0.25, 0.3) is 0 Å². The topological polar surface area (TPSA) is 101 Å². The van der Waals surface area contributed by atoms with Crippen LogP contribution < -0.4 is 5.56 Å². The van der Waals surface area contributed by atoms with Gasteiger partial charge in [-0.05, 0) is 6.92 Å². The zero-order valence-corrected chi connectivity index (χ0v) is 8.02. The molecular formula is C8H10N2O5. The molecule has 1 aromatic heterocycles. The molecule has 1 rings (SSSR count). The number of nitrogens with one attached hydrogen (secondary N) is 1. The van der Waals surface area contributed by atoms with Crippen LogP contribution in [0.2, 0.25) is 0 Å². The fraction of sp³-hybridized carbons (Fsp3) is 0.375. The van der Waals surface area contributed by atoms with Gasteiger partial charge in [-0.15, -0.1) is 0 Å². The Kier molecular flexibility index (Phi) is 3.27. The van der Waals surface area contributed by atoms with Crippen molar-refractivity contribution in [2.45, 2.75) is 13.5 Å². The highest BCUT2D eigenvalue weighted by atomic mass is 16.5. The van der Waals surface area contributed by atoms with E-state index in [9.17, 15) is 14.4 Å². The number of carbonyl (C=O) groups is 2. The van der Waals surface area contributed by atoms with Gasteiger partial charge in [-0.25, -0.2) is 9.48 Å². The summed E-state index contributed by atoms with van der Waals surface area (Å²) >= 11 is 0. The number of carboxylic acid groups (broad SMARTS) is 1. The molecule has 7 heteroatoms. The Morgan fingerprint density at radius 1 is 1.60 bits per heavy atom. The van der Waals surface area contributed by atoms with Crippen molar-refractivity contribution >= 4 is 11.9 Å². The Labute approximate surface area is 84.3 Å². The number of aromatic amines is 1. The first kappa shape index (κ1) is 11.0. The van der Waals surface area contributed by atoms with Crippen molar-refractivity contribution in [2.24, 2.45) is 0 Å². The maximum atomic E-state index is 11.1. The first-order valence-corrected chi connectivity index (χ1v) is 4.23. The lowest BCUT2D eigenvalue weighted by atomic mass is 10.4. The van der Waals surface area contributed by atoms with E-state index in [1.54, 1.807) is 6.92 Å². The van der Waals surface area contributed by atoms with Crippen molar-refractivity contribution in [1.82, 2.24) is 9.78 Å². The summed E-state index contributed by atoms with van der Waals surface area (Å²) in [5, 5.41) is 10.8. The summed E-state index contributed by atoms with van der Waals surface area (Å²) in [5.41, 5.74) is -0.636. The summed E-state index contributed by atoms with van der Waals surface area (Å²) < 4.78 is 5.45. The average Bonchev–Trinajstić information content (AvgIpc) is 2.47. The van der Waals surface area contributed by atoms with Crippen molar-refractivity contribution in [3.8, 4) is 0 Å². The van der Waals surface area contributed by atoms with E-state index < -0.39 is 24.0 Å². The van der Waals surface area contributed by atoms with Crippen LogP contribution in [0.5, 0.6) is 0 Å². The summed E-state index contributed by atoms with van der Waals surface area (Å²) in [7, 11) is 0. The van der Waals surface area contributed by atoms with Gasteiger partial charge in [0.25, 0.3) is 5.56 Å². The molecule has 0 aliphatic rings. The van der Waals surface area contributed by atoms with Gasteiger partial charge >= 0.3 is 11.9 Å². The van der Waals surface area contributed by atoms with Gasteiger partial charge in [0.2, 0.25) is 0 Å². The molecule has 0 amide bonds. The largest absolute Gasteiger partial charge is 0.480 e. The Hall–Kier alpha value is -2.05. The van der Waals surface area contributed by atoms with Gasteiger partial charge in [-0.3, -0.25) is 14.7 Å². The van der Waals surface area contributed by atoms with Gasteiger partial charge < -0.3 is 9.84 Å². The van der Waals surface area contributed by atoms with Crippen LogP contribution in [0.3, 0.4) is 0 Å². The molecule has 0 saturated heterocycles. The summed E-state index contributed by atoms with van der Waals surface area (Å²) in [6.07, 6.45) is 0. The number of aliphatic carboxylic acids is 1.